The molecule has 1 N–H and O–H groups in total. The number of hydrogen-bond donors (Lipinski definition) is 1. The Hall–Kier alpha value is -2.85. The van der Waals surface area contributed by atoms with E-state index < -0.39 is 0 Å². The van der Waals surface area contributed by atoms with Crippen LogP contribution in [0.15, 0.2) is 66.7 Å². The van der Waals surface area contributed by atoms with Gasteiger partial charge in [0.1, 0.15) is 12.4 Å². The summed E-state index contributed by atoms with van der Waals surface area (Å²) in [6.45, 7) is 3.39. The van der Waals surface area contributed by atoms with Gasteiger partial charge in [0.25, 0.3) is 5.91 Å². The van der Waals surface area contributed by atoms with E-state index in [1.165, 1.54) is 5.39 Å². The van der Waals surface area contributed by atoms with Crippen molar-refractivity contribution in [1.82, 2.24) is 5.32 Å². The lowest BCUT2D eigenvalue weighted by atomic mass is 9.99. The van der Waals surface area contributed by atoms with Gasteiger partial charge in [0.2, 0.25) is 0 Å². The van der Waals surface area contributed by atoms with Crippen LogP contribution in [0.4, 0.5) is 0 Å². The summed E-state index contributed by atoms with van der Waals surface area (Å²) < 4.78 is 11.3. The molecule has 1 heterocycles. The van der Waals surface area contributed by atoms with Crippen LogP contribution in [0.2, 0.25) is 0 Å². The van der Waals surface area contributed by atoms with Crippen molar-refractivity contribution in [1.29, 1.82) is 0 Å². The molecule has 1 amide bonds. The number of nitrogens with one attached hydrogen (secondary N) is 1. The maximum absolute atomic E-state index is 12.7. The second-order valence-corrected chi connectivity index (χ2v) is 7.23. The highest BCUT2D eigenvalue weighted by molar-refractivity contribution is 5.95. The van der Waals surface area contributed by atoms with Gasteiger partial charge in [-0.2, -0.15) is 0 Å². The summed E-state index contributed by atoms with van der Waals surface area (Å²) in [6, 6.07) is 21.6. The smallest absolute Gasteiger partial charge is 0.251 e. The highest BCUT2D eigenvalue weighted by Crippen LogP contribution is 2.24. The Morgan fingerprint density at radius 1 is 1.11 bits per heavy atom. The number of fused-ring (bicyclic) bond motifs is 1. The van der Waals surface area contributed by atoms with E-state index in [1.807, 2.05) is 37.3 Å². The fourth-order valence-corrected chi connectivity index (χ4v) is 3.65. The number of rotatable bonds is 6. The van der Waals surface area contributed by atoms with Crippen LogP contribution in [-0.4, -0.2) is 25.2 Å². The zero-order chi connectivity index (χ0) is 19.3. The van der Waals surface area contributed by atoms with Gasteiger partial charge in [-0.05, 0) is 60.4 Å². The van der Waals surface area contributed by atoms with Gasteiger partial charge in [-0.25, -0.2) is 0 Å². The average Bonchev–Trinajstić information content (AvgIpc) is 3.26. The lowest BCUT2D eigenvalue weighted by molar-refractivity contribution is 0.0679. The Balaban J connectivity index is 1.40. The monoisotopic (exact) mass is 375 g/mol. The molecule has 28 heavy (non-hydrogen) atoms. The predicted octanol–water partition coefficient (Wildman–Crippen LogP) is 4.89. The molecule has 0 aliphatic carbocycles. The number of carbonyl (C=O) groups is 1. The van der Waals surface area contributed by atoms with Crippen LogP contribution in [0.3, 0.4) is 0 Å². The molecule has 4 rings (SSSR count). The summed E-state index contributed by atoms with van der Waals surface area (Å²) in [7, 11) is 0. The summed E-state index contributed by atoms with van der Waals surface area (Å²) in [5, 5.41) is 5.44. The molecule has 144 valence electrons. The third-order valence-corrected chi connectivity index (χ3v) is 5.21. The minimum absolute atomic E-state index is 0.0889. The van der Waals surface area contributed by atoms with Crippen LogP contribution in [-0.2, 0) is 4.74 Å². The Morgan fingerprint density at radius 3 is 2.68 bits per heavy atom. The first kappa shape index (κ1) is 18.5. The van der Waals surface area contributed by atoms with Crippen LogP contribution >= 0.6 is 0 Å². The predicted molar refractivity (Wildman–Crippen MR) is 111 cm³/mol. The SMILES string of the molecule is C[C@@H](NC(=O)c1ccc(OC[C@@H]2CCCO2)cc1)c1cccc2ccccc12. The molecule has 2 atom stereocenters. The lowest BCUT2D eigenvalue weighted by Crippen LogP contribution is -2.26. The fraction of sp³-hybridized carbons (Fsp3) is 0.292. The van der Waals surface area contributed by atoms with E-state index in [4.69, 9.17) is 9.47 Å². The van der Waals surface area contributed by atoms with Crippen molar-refractivity contribution in [3.63, 3.8) is 0 Å². The first-order valence-electron chi connectivity index (χ1n) is 9.84. The quantitative estimate of drug-likeness (QED) is 0.667. The second-order valence-electron chi connectivity index (χ2n) is 7.23. The molecule has 1 aliphatic heterocycles. The summed E-state index contributed by atoms with van der Waals surface area (Å²) in [5.74, 6) is 0.667. The molecule has 1 saturated heterocycles. The zero-order valence-electron chi connectivity index (χ0n) is 16.1. The van der Waals surface area contributed by atoms with Crippen LogP contribution in [0, 0.1) is 0 Å². The van der Waals surface area contributed by atoms with Gasteiger partial charge in [0.05, 0.1) is 12.1 Å². The molecule has 4 nitrogen and oxygen atoms in total. The third kappa shape index (κ3) is 4.18. The molecule has 3 aromatic rings. The minimum atomic E-state index is -0.0916. The largest absolute Gasteiger partial charge is 0.491 e. The van der Waals surface area contributed by atoms with Gasteiger partial charge in [0.15, 0.2) is 0 Å². The molecule has 0 spiro atoms. The van der Waals surface area contributed by atoms with E-state index in [1.54, 1.807) is 12.1 Å². The molecule has 0 radical (unpaired) electrons. The molecule has 3 aromatic carbocycles. The van der Waals surface area contributed by atoms with Crippen LogP contribution < -0.4 is 10.1 Å². The number of benzene rings is 3. The van der Waals surface area contributed by atoms with Gasteiger partial charge in [-0.3, -0.25) is 4.79 Å². The van der Waals surface area contributed by atoms with Crippen molar-refractivity contribution in [3.05, 3.63) is 77.9 Å². The van der Waals surface area contributed by atoms with Gasteiger partial charge in [0, 0.05) is 12.2 Å². The summed E-state index contributed by atoms with van der Waals surface area (Å²) in [6.07, 6.45) is 2.33. The third-order valence-electron chi connectivity index (χ3n) is 5.21. The fourth-order valence-electron chi connectivity index (χ4n) is 3.65. The topological polar surface area (TPSA) is 47.6 Å². The van der Waals surface area contributed by atoms with Crippen LogP contribution in [0.25, 0.3) is 10.8 Å². The zero-order valence-corrected chi connectivity index (χ0v) is 16.1. The highest BCUT2D eigenvalue weighted by Gasteiger charge is 2.16. The van der Waals surface area contributed by atoms with Crippen molar-refractivity contribution in [3.8, 4) is 5.75 Å². The lowest BCUT2D eigenvalue weighted by Gasteiger charge is -2.17. The Labute approximate surface area is 165 Å². The maximum atomic E-state index is 12.7. The van der Waals surface area contributed by atoms with Crippen molar-refractivity contribution in [2.75, 3.05) is 13.2 Å². The van der Waals surface area contributed by atoms with E-state index in [0.29, 0.717) is 12.2 Å². The molecule has 0 unspecified atom stereocenters. The number of carbonyl (C=O) groups excluding carboxylic acids is 1. The van der Waals surface area contributed by atoms with Gasteiger partial charge in [-0.15, -0.1) is 0 Å². The first-order chi connectivity index (χ1) is 13.7. The van der Waals surface area contributed by atoms with Gasteiger partial charge < -0.3 is 14.8 Å². The number of amides is 1. The van der Waals surface area contributed by atoms with E-state index in [-0.39, 0.29) is 18.1 Å². The standard InChI is InChI=1S/C24H25NO3/c1-17(22-10-4-7-18-6-2-3-9-23(18)22)25-24(26)19-11-13-20(14-12-19)28-16-21-8-5-15-27-21/h2-4,6-7,9-14,17,21H,5,8,15-16H2,1H3,(H,25,26)/t17-,21+/m1/s1. The van der Waals surface area contributed by atoms with Crippen molar-refractivity contribution < 1.29 is 14.3 Å². The van der Waals surface area contributed by atoms with E-state index in [2.05, 4.69) is 29.6 Å². The van der Waals surface area contributed by atoms with Crippen LogP contribution in [0.1, 0.15) is 41.7 Å². The minimum Gasteiger partial charge on any atom is -0.491 e. The normalized spacial score (nSPS) is 17.4. The first-order valence-corrected chi connectivity index (χ1v) is 9.84. The van der Waals surface area contributed by atoms with Crippen molar-refractivity contribution >= 4 is 16.7 Å². The number of ether oxygens (including phenoxy) is 2. The maximum Gasteiger partial charge on any atom is 0.251 e. The molecule has 0 saturated carbocycles. The molecule has 0 aromatic heterocycles. The second kappa shape index (κ2) is 8.44. The molecule has 0 bridgehead atoms. The van der Waals surface area contributed by atoms with Gasteiger partial charge in [-0.1, -0.05) is 42.5 Å². The Kier molecular flexibility index (Phi) is 5.58. The van der Waals surface area contributed by atoms with Gasteiger partial charge >= 0.3 is 0 Å². The van der Waals surface area contributed by atoms with Crippen molar-refractivity contribution in [2.45, 2.75) is 31.9 Å². The van der Waals surface area contributed by atoms with Crippen molar-refractivity contribution in [2.24, 2.45) is 0 Å². The summed E-state index contributed by atoms with van der Waals surface area (Å²) >= 11 is 0. The molecule has 4 heteroatoms. The summed E-state index contributed by atoms with van der Waals surface area (Å²) in [4.78, 5) is 12.7. The van der Waals surface area contributed by atoms with E-state index in [0.717, 1.165) is 36.1 Å². The molecule has 1 aliphatic rings. The Bertz CT molecular complexity index is 940. The molecular weight excluding hydrogens is 350 g/mol. The van der Waals surface area contributed by atoms with E-state index in [9.17, 15) is 4.79 Å². The molecular formula is C24H25NO3. The molecule has 1 fully saturated rings. The van der Waals surface area contributed by atoms with Crippen LogP contribution in [0.5, 0.6) is 5.75 Å². The summed E-state index contributed by atoms with van der Waals surface area (Å²) in [5.41, 5.74) is 1.74. The number of hydrogen-bond acceptors (Lipinski definition) is 3. The average molecular weight is 375 g/mol. The van der Waals surface area contributed by atoms with E-state index >= 15 is 0 Å². The Morgan fingerprint density at radius 2 is 1.89 bits per heavy atom. The highest BCUT2D eigenvalue weighted by atomic mass is 16.5.